The molecule has 6 nitrogen and oxygen atoms in total. The van der Waals surface area contributed by atoms with E-state index in [2.05, 4.69) is 15.5 Å². The third-order valence-corrected chi connectivity index (χ3v) is 3.47. The fourth-order valence-electron chi connectivity index (χ4n) is 1.19. The second-order valence-corrected chi connectivity index (χ2v) is 5.25. The van der Waals surface area contributed by atoms with Crippen LogP contribution >= 0.6 is 11.8 Å². The van der Waals surface area contributed by atoms with E-state index in [9.17, 15) is 4.79 Å². The van der Waals surface area contributed by atoms with E-state index >= 15 is 0 Å². The van der Waals surface area contributed by atoms with Gasteiger partial charge in [-0.15, -0.1) is 10.2 Å². The first-order chi connectivity index (χ1) is 7.58. The normalized spacial score (nSPS) is 17.1. The Kier molecular flexibility index (Phi) is 3.04. The van der Waals surface area contributed by atoms with Gasteiger partial charge in [-0.25, -0.2) is 4.68 Å². The van der Waals surface area contributed by atoms with Crippen molar-refractivity contribution in [1.82, 2.24) is 20.2 Å². The molecule has 16 heavy (non-hydrogen) atoms. The zero-order chi connectivity index (χ0) is 11.7. The molecule has 2 rings (SSSR count). The van der Waals surface area contributed by atoms with Gasteiger partial charge in [0.2, 0.25) is 11.1 Å². The first-order valence-corrected chi connectivity index (χ1v) is 6.10. The van der Waals surface area contributed by atoms with Crippen molar-refractivity contribution in [2.75, 3.05) is 5.84 Å². The standard InChI is InChI=1S/C9H15N5OS/c1-5(8(15)11-7-3-4-7)16-9-13-12-6(2)14(9)10/h5,7H,3-4,10H2,1-2H3,(H,11,15)/t5-/m0/s1. The predicted molar refractivity (Wildman–Crippen MR) is 61.4 cm³/mol. The van der Waals surface area contributed by atoms with E-state index < -0.39 is 0 Å². The number of thioether (sulfide) groups is 1. The van der Waals surface area contributed by atoms with Crippen molar-refractivity contribution in [2.24, 2.45) is 0 Å². The summed E-state index contributed by atoms with van der Waals surface area (Å²) in [6, 6.07) is 0.382. The van der Waals surface area contributed by atoms with E-state index in [0.29, 0.717) is 17.0 Å². The van der Waals surface area contributed by atoms with E-state index in [0.717, 1.165) is 12.8 Å². The summed E-state index contributed by atoms with van der Waals surface area (Å²) in [5, 5.41) is 11.0. The van der Waals surface area contributed by atoms with Crippen molar-refractivity contribution < 1.29 is 4.79 Å². The van der Waals surface area contributed by atoms with Crippen molar-refractivity contribution in [2.45, 2.75) is 43.1 Å². The Morgan fingerprint density at radius 2 is 2.31 bits per heavy atom. The van der Waals surface area contributed by atoms with Crippen molar-refractivity contribution in [3.63, 3.8) is 0 Å². The first kappa shape index (κ1) is 11.3. The lowest BCUT2D eigenvalue weighted by Crippen LogP contribution is -2.32. The maximum atomic E-state index is 11.7. The number of hydrogen-bond donors (Lipinski definition) is 2. The Morgan fingerprint density at radius 3 is 2.81 bits per heavy atom. The molecule has 0 aliphatic heterocycles. The van der Waals surface area contributed by atoms with Crippen LogP contribution in [0.2, 0.25) is 0 Å². The number of aryl methyl sites for hydroxylation is 1. The summed E-state index contributed by atoms with van der Waals surface area (Å²) in [5.41, 5.74) is 0. The summed E-state index contributed by atoms with van der Waals surface area (Å²) in [6.45, 7) is 3.61. The van der Waals surface area contributed by atoms with Gasteiger partial charge in [-0.1, -0.05) is 11.8 Å². The van der Waals surface area contributed by atoms with Gasteiger partial charge in [-0.2, -0.15) is 0 Å². The predicted octanol–water partition coefficient (Wildman–Crippen LogP) is 0.0595. The smallest absolute Gasteiger partial charge is 0.233 e. The van der Waals surface area contributed by atoms with Gasteiger partial charge in [0.05, 0.1) is 5.25 Å². The average Bonchev–Trinajstić information content (AvgIpc) is 3.00. The van der Waals surface area contributed by atoms with Crippen molar-refractivity contribution in [3.05, 3.63) is 5.82 Å². The Balaban J connectivity index is 1.92. The lowest BCUT2D eigenvalue weighted by Gasteiger charge is -2.10. The minimum absolute atomic E-state index is 0.0353. The molecule has 7 heteroatoms. The number of rotatable bonds is 4. The van der Waals surface area contributed by atoms with Gasteiger partial charge in [0.1, 0.15) is 5.82 Å². The summed E-state index contributed by atoms with van der Waals surface area (Å²) in [6.07, 6.45) is 2.19. The van der Waals surface area contributed by atoms with Crippen LogP contribution in [0.3, 0.4) is 0 Å². The maximum absolute atomic E-state index is 11.7. The molecule has 1 atom stereocenters. The Hall–Kier alpha value is -1.24. The van der Waals surface area contributed by atoms with E-state index in [1.54, 1.807) is 6.92 Å². The highest BCUT2D eigenvalue weighted by Gasteiger charge is 2.26. The highest BCUT2D eigenvalue weighted by atomic mass is 32.2. The monoisotopic (exact) mass is 241 g/mol. The maximum Gasteiger partial charge on any atom is 0.233 e. The van der Waals surface area contributed by atoms with Gasteiger partial charge in [0.15, 0.2) is 0 Å². The number of nitrogen functional groups attached to an aromatic ring is 1. The fourth-order valence-corrected chi connectivity index (χ4v) is 2.01. The molecule has 0 spiro atoms. The Labute approximate surface area is 98.0 Å². The molecule has 1 saturated carbocycles. The highest BCUT2D eigenvalue weighted by Crippen LogP contribution is 2.23. The van der Waals surface area contributed by atoms with Crippen molar-refractivity contribution >= 4 is 17.7 Å². The molecule has 3 N–H and O–H groups in total. The van der Waals surface area contributed by atoms with Crippen LogP contribution in [0.25, 0.3) is 0 Å². The number of nitrogens with zero attached hydrogens (tertiary/aromatic N) is 3. The van der Waals surface area contributed by atoms with E-state index in [1.165, 1.54) is 16.4 Å². The van der Waals surface area contributed by atoms with Gasteiger partial charge in [0.25, 0.3) is 0 Å². The minimum Gasteiger partial charge on any atom is -0.352 e. The molecule has 1 fully saturated rings. The third-order valence-electron chi connectivity index (χ3n) is 2.41. The van der Waals surface area contributed by atoms with Gasteiger partial charge < -0.3 is 11.2 Å². The van der Waals surface area contributed by atoms with Crippen LogP contribution in [-0.2, 0) is 4.79 Å². The van der Waals surface area contributed by atoms with Crippen molar-refractivity contribution in [3.8, 4) is 0 Å². The number of nitrogens with one attached hydrogen (secondary N) is 1. The second kappa shape index (κ2) is 4.32. The summed E-state index contributed by atoms with van der Waals surface area (Å²) in [5.74, 6) is 6.38. The number of nitrogens with two attached hydrogens (primary N) is 1. The SMILES string of the molecule is Cc1nnc(S[C@@H](C)C(=O)NC2CC2)n1N. The average molecular weight is 241 g/mol. The molecule has 1 aliphatic rings. The van der Waals surface area contributed by atoms with Crippen LogP contribution < -0.4 is 11.2 Å². The summed E-state index contributed by atoms with van der Waals surface area (Å²) in [7, 11) is 0. The number of carbonyl (C=O) groups excluding carboxylic acids is 1. The van der Waals surface area contributed by atoms with Crippen LogP contribution in [-0.4, -0.2) is 32.1 Å². The van der Waals surface area contributed by atoms with Gasteiger partial charge in [0, 0.05) is 6.04 Å². The largest absolute Gasteiger partial charge is 0.352 e. The zero-order valence-corrected chi connectivity index (χ0v) is 10.1. The molecular formula is C9H15N5OS. The first-order valence-electron chi connectivity index (χ1n) is 5.22. The van der Waals surface area contributed by atoms with Gasteiger partial charge in [-0.05, 0) is 26.7 Å². The van der Waals surface area contributed by atoms with E-state index in [4.69, 9.17) is 5.84 Å². The lowest BCUT2D eigenvalue weighted by molar-refractivity contribution is -0.120. The number of amides is 1. The number of carbonyl (C=O) groups is 1. The molecule has 1 aromatic rings. The molecule has 1 heterocycles. The summed E-state index contributed by atoms with van der Waals surface area (Å²) >= 11 is 1.32. The van der Waals surface area contributed by atoms with E-state index in [-0.39, 0.29) is 11.2 Å². The summed E-state index contributed by atoms with van der Waals surface area (Å²) < 4.78 is 1.39. The number of aromatic nitrogens is 3. The van der Waals surface area contributed by atoms with Crippen LogP contribution in [0.5, 0.6) is 0 Å². The molecule has 0 saturated heterocycles. The van der Waals surface area contributed by atoms with E-state index in [1.807, 2.05) is 6.92 Å². The molecule has 1 amide bonds. The zero-order valence-electron chi connectivity index (χ0n) is 9.30. The molecule has 88 valence electrons. The Morgan fingerprint density at radius 1 is 1.62 bits per heavy atom. The highest BCUT2D eigenvalue weighted by molar-refractivity contribution is 8.00. The van der Waals surface area contributed by atoms with Gasteiger partial charge in [-0.3, -0.25) is 4.79 Å². The fraction of sp³-hybridized carbons (Fsp3) is 0.667. The quantitative estimate of drug-likeness (QED) is 0.575. The molecular weight excluding hydrogens is 226 g/mol. The van der Waals surface area contributed by atoms with Gasteiger partial charge >= 0.3 is 0 Å². The van der Waals surface area contributed by atoms with Crippen LogP contribution in [0.4, 0.5) is 0 Å². The third kappa shape index (κ3) is 2.46. The second-order valence-electron chi connectivity index (χ2n) is 3.94. The molecule has 0 bridgehead atoms. The molecule has 0 aromatic carbocycles. The van der Waals surface area contributed by atoms with Crippen LogP contribution in [0.1, 0.15) is 25.6 Å². The minimum atomic E-state index is -0.202. The molecule has 1 aromatic heterocycles. The topological polar surface area (TPSA) is 85.8 Å². The summed E-state index contributed by atoms with van der Waals surface area (Å²) in [4.78, 5) is 11.7. The lowest BCUT2D eigenvalue weighted by atomic mass is 10.4. The van der Waals surface area contributed by atoms with Crippen LogP contribution in [0.15, 0.2) is 5.16 Å². The molecule has 0 unspecified atom stereocenters. The molecule has 0 radical (unpaired) electrons. The van der Waals surface area contributed by atoms with Crippen LogP contribution in [0, 0.1) is 6.92 Å². The number of hydrogen-bond acceptors (Lipinski definition) is 5. The van der Waals surface area contributed by atoms with Crippen molar-refractivity contribution in [1.29, 1.82) is 0 Å². The molecule has 1 aliphatic carbocycles. The Bertz CT molecular complexity index is 401.